The molecule has 2 aromatic rings. The molecule has 0 aliphatic carbocycles. The van der Waals surface area contributed by atoms with Crippen LogP contribution in [0.3, 0.4) is 0 Å². The number of anilines is 1. The first-order valence-corrected chi connectivity index (χ1v) is 6.51. The van der Waals surface area contributed by atoms with Gasteiger partial charge in [0, 0.05) is 32.3 Å². The molecule has 0 radical (unpaired) electrons. The third kappa shape index (κ3) is 2.20. The molecule has 1 unspecified atom stereocenters. The minimum absolute atomic E-state index is 0.727. The van der Waals surface area contributed by atoms with Crippen LogP contribution < -0.4 is 10.2 Å². The van der Waals surface area contributed by atoms with E-state index < -0.39 is 0 Å². The highest BCUT2D eigenvalue weighted by Crippen LogP contribution is 2.23. The van der Waals surface area contributed by atoms with Crippen molar-refractivity contribution in [3.05, 3.63) is 24.1 Å². The molecule has 1 aromatic heterocycles. The SMILES string of the molecule is Cc1nc2ccc(N(C)CC3CCNC3)cc2o1. The molecular formula is C14H19N3O. The van der Waals surface area contributed by atoms with Gasteiger partial charge in [-0.25, -0.2) is 4.98 Å². The minimum Gasteiger partial charge on any atom is -0.441 e. The first kappa shape index (κ1) is 11.5. The lowest BCUT2D eigenvalue weighted by Crippen LogP contribution is -2.26. The fourth-order valence-corrected chi connectivity index (χ4v) is 2.63. The van der Waals surface area contributed by atoms with Gasteiger partial charge >= 0.3 is 0 Å². The van der Waals surface area contributed by atoms with Crippen LogP contribution in [0.25, 0.3) is 11.1 Å². The predicted molar refractivity (Wildman–Crippen MR) is 73.0 cm³/mol. The smallest absolute Gasteiger partial charge is 0.192 e. The molecule has 1 N–H and O–H groups in total. The quantitative estimate of drug-likeness (QED) is 0.900. The molecule has 1 aliphatic rings. The van der Waals surface area contributed by atoms with Crippen LogP contribution >= 0.6 is 0 Å². The van der Waals surface area contributed by atoms with Crippen molar-refractivity contribution in [2.24, 2.45) is 5.92 Å². The topological polar surface area (TPSA) is 41.3 Å². The average Bonchev–Trinajstić information content (AvgIpc) is 2.95. The lowest BCUT2D eigenvalue weighted by atomic mass is 10.1. The Morgan fingerprint density at radius 2 is 2.39 bits per heavy atom. The Bertz CT molecular complexity index is 543. The lowest BCUT2D eigenvalue weighted by molar-refractivity contribution is 0.560. The van der Waals surface area contributed by atoms with Crippen LogP contribution in [0.4, 0.5) is 5.69 Å². The second-order valence-corrected chi connectivity index (χ2v) is 5.12. The van der Waals surface area contributed by atoms with Crippen molar-refractivity contribution < 1.29 is 4.42 Å². The minimum atomic E-state index is 0.727. The highest BCUT2D eigenvalue weighted by atomic mass is 16.3. The molecule has 0 amide bonds. The molecule has 1 aromatic carbocycles. The molecule has 96 valence electrons. The normalized spacial score (nSPS) is 19.6. The van der Waals surface area contributed by atoms with E-state index in [1.165, 1.54) is 12.1 Å². The number of fused-ring (bicyclic) bond motifs is 1. The molecule has 1 saturated heterocycles. The third-order valence-corrected chi connectivity index (χ3v) is 3.61. The molecule has 3 rings (SSSR count). The van der Waals surface area contributed by atoms with Crippen LogP contribution in [0.1, 0.15) is 12.3 Å². The van der Waals surface area contributed by atoms with Gasteiger partial charge in [-0.1, -0.05) is 0 Å². The highest BCUT2D eigenvalue weighted by molar-refractivity contribution is 5.77. The molecule has 4 heteroatoms. The van der Waals surface area contributed by atoms with Crippen molar-refractivity contribution in [1.82, 2.24) is 10.3 Å². The number of hydrogen-bond acceptors (Lipinski definition) is 4. The van der Waals surface area contributed by atoms with Crippen molar-refractivity contribution in [2.75, 3.05) is 31.6 Å². The Morgan fingerprint density at radius 1 is 1.50 bits per heavy atom. The summed E-state index contributed by atoms with van der Waals surface area (Å²) in [6.07, 6.45) is 1.27. The lowest BCUT2D eigenvalue weighted by Gasteiger charge is -2.22. The van der Waals surface area contributed by atoms with Crippen LogP contribution in [-0.2, 0) is 0 Å². The maximum absolute atomic E-state index is 5.58. The van der Waals surface area contributed by atoms with Crippen LogP contribution in [0.2, 0.25) is 0 Å². The number of hydrogen-bond donors (Lipinski definition) is 1. The van der Waals surface area contributed by atoms with Gasteiger partial charge in [-0.2, -0.15) is 0 Å². The summed E-state index contributed by atoms with van der Waals surface area (Å²) in [7, 11) is 2.14. The molecule has 1 fully saturated rings. The Hall–Kier alpha value is -1.55. The summed E-state index contributed by atoms with van der Waals surface area (Å²) in [4.78, 5) is 6.62. The van der Waals surface area contributed by atoms with Gasteiger partial charge in [0.1, 0.15) is 5.52 Å². The van der Waals surface area contributed by atoms with Gasteiger partial charge < -0.3 is 14.6 Å². The van der Waals surface area contributed by atoms with Crippen LogP contribution in [0.15, 0.2) is 22.6 Å². The third-order valence-electron chi connectivity index (χ3n) is 3.61. The Kier molecular flexibility index (Phi) is 2.96. The molecule has 1 atom stereocenters. The fraction of sp³-hybridized carbons (Fsp3) is 0.500. The summed E-state index contributed by atoms with van der Waals surface area (Å²) in [6.45, 7) is 5.26. The van der Waals surface area contributed by atoms with Gasteiger partial charge in [0.25, 0.3) is 0 Å². The number of nitrogens with zero attached hydrogens (tertiary/aromatic N) is 2. The van der Waals surface area contributed by atoms with Crippen LogP contribution in [0, 0.1) is 12.8 Å². The number of aryl methyl sites for hydroxylation is 1. The van der Waals surface area contributed by atoms with E-state index in [4.69, 9.17) is 4.42 Å². The van der Waals surface area contributed by atoms with E-state index in [0.29, 0.717) is 0 Å². The van der Waals surface area contributed by atoms with Gasteiger partial charge in [-0.15, -0.1) is 0 Å². The predicted octanol–water partition coefficient (Wildman–Crippen LogP) is 2.18. The van der Waals surface area contributed by atoms with E-state index in [9.17, 15) is 0 Å². The molecular weight excluding hydrogens is 226 g/mol. The summed E-state index contributed by atoms with van der Waals surface area (Å²) in [5, 5.41) is 3.41. The molecule has 2 heterocycles. The van der Waals surface area contributed by atoms with Crippen LogP contribution in [-0.4, -0.2) is 31.7 Å². The van der Waals surface area contributed by atoms with Crippen molar-refractivity contribution in [2.45, 2.75) is 13.3 Å². The number of rotatable bonds is 3. The number of oxazole rings is 1. The van der Waals surface area contributed by atoms with Crippen molar-refractivity contribution in [3.8, 4) is 0 Å². The molecule has 0 spiro atoms. The van der Waals surface area contributed by atoms with Gasteiger partial charge in [-0.05, 0) is 37.6 Å². The molecule has 0 saturated carbocycles. The summed E-state index contributed by atoms with van der Waals surface area (Å²) < 4.78 is 5.58. The number of nitrogens with one attached hydrogen (secondary N) is 1. The van der Waals surface area contributed by atoms with E-state index >= 15 is 0 Å². The summed E-state index contributed by atoms with van der Waals surface area (Å²) >= 11 is 0. The first-order chi connectivity index (χ1) is 8.72. The molecule has 18 heavy (non-hydrogen) atoms. The van der Waals surface area contributed by atoms with E-state index in [1.807, 2.05) is 13.0 Å². The average molecular weight is 245 g/mol. The standard InChI is InChI=1S/C14H19N3O/c1-10-16-13-4-3-12(7-14(13)18-10)17(2)9-11-5-6-15-8-11/h3-4,7,11,15H,5-6,8-9H2,1-2H3. The maximum Gasteiger partial charge on any atom is 0.192 e. The zero-order chi connectivity index (χ0) is 12.5. The largest absolute Gasteiger partial charge is 0.441 e. The van der Waals surface area contributed by atoms with Gasteiger partial charge in [0.05, 0.1) is 0 Å². The van der Waals surface area contributed by atoms with Crippen molar-refractivity contribution in [3.63, 3.8) is 0 Å². The van der Waals surface area contributed by atoms with E-state index in [0.717, 1.165) is 42.5 Å². The maximum atomic E-state index is 5.58. The second kappa shape index (κ2) is 4.61. The van der Waals surface area contributed by atoms with Crippen molar-refractivity contribution >= 4 is 16.8 Å². The Labute approximate surface area is 107 Å². The fourth-order valence-electron chi connectivity index (χ4n) is 2.63. The Morgan fingerprint density at radius 3 is 3.17 bits per heavy atom. The zero-order valence-corrected chi connectivity index (χ0v) is 10.9. The molecule has 0 bridgehead atoms. The van der Waals surface area contributed by atoms with Gasteiger partial charge in [-0.3, -0.25) is 0 Å². The van der Waals surface area contributed by atoms with E-state index in [-0.39, 0.29) is 0 Å². The van der Waals surface area contributed by atoms with Crippen LogP contribution in [0.5, 0.6) is 0 Å². The van der Waals surface area contributed by atoms with E-state index in [1.54, 1.807) is 0 Å². The summed E-state index contributed by atoms with van der Waals surface area (Å²) in [6, 6.07) is 6.23. The summed E-state index contributed by atoms with van der Waals surface area (Å²) in [5.41, 5.74) is 3.01. The number of aromatic nitrogens is 1. The first-order valence-electron chi connectivity index (χ1n) is 6.51. The molecule has 1 aliphatic heterocycles. The zero-order valence-electron chi connectivity index (χ0n) is 10.9. The second-order valence-electron chi connectivity index (χ2n) is 5.12. The van der Waals surface area contributed by atoms with Crippen molar-refractivity contribution in [1.29, 1.82) is 0 Å². The Balaban J connectivity index is 1.79. The highest BCUT2D eigenvalue weighted by Gasteiger charge is 2.17. The van der Waals surface area contributed by atoms with Gasteiger partial charge in [0.15, 0.2) is 11.5 Å². The van der Waals surface area contributed by atoms with Gasteiger partial charge in [0.2, 0.25) is 0 Å². The monoisotopic (exact) mass is 245 g/mol. The molecule has 4 nitrogen and oxygen atoms in total. The van der Waals surface area contributed by atoms with E-state index in [2.05, 4.69) is 34.4 Å². The number of benzene rings is 1. The summed E-state index contributed by atoms with van der Waals surface area (Å²) in [5.74, 6) is 1.48.